The average Bonchev–Trinajstić information content (AvgIpc) is 2.48. The Labute approximate surface area is 123 Å². The predicted octanol–water partition coefficient (Wildman–Crippen LogP) is 3.70. The van der Waals surface area contributed by atoms with E-state index in [-0.39, 0.29) is 6.61 Å². The van der Waals surface area contributed by atoms with Crippen LogP contribution in [-0.2, 0) is 13.0 Å². The van der Waals surface area contributed by atoms with Crippen molar-refractivity contribution in [3.63, 3.8) is 0 Å². The summed E-state index contributed by atoms with van der Waals surface area (Å²) in [5, 5.41) is 9.88. The normalized spacial score (nSPS) is 17.9. The summed E-state index contributed by atoms with van der Waals surface area (Å²) in [5.74, 6) is 0.845. The minimum absolute atomic E-state index is 0.0712. The number of benzene rings is 1. The Balaban J connectivity index is 2.09. The van der Waals surface area contributed by atoms with E-state index in [4.69, 9.17) is 11.6 Å². The Morgan fingerprint density at radius 3 is 3.00 bits per heavy atom. The molecule has 1 atom stereocenters. The van der Waals surface area contributed by atoms with Gasteiger partial charge in [0.2, 0.25) is 0 Å². The van der Waals surface area contributed by atoms with Gasteiger partial charge in [0, 0.05) is 23.5 Å². The van der Waals surface area contributed by atoms with E-state index in [2.05, 4.69) is 35.0 Å². The Bertz CT molecular complexity index is 630. The Morgan fingerprint density at radius 1 is 1.40 bits per heavy atom. The number of aliphatic hydroxyl groups excluding tert-OH is 1. The maximum atomic E-state index is 9.37. The van der Waals surface area contributed by atoms with Crippen molar-refractivity contribution in [2.45, 2.75) is 32.4 Å². The molecule has 0 fully saturated rings. The van der Waals surface area contributed by atoms with E-state index < -0.39 is 0 Å². The second-order valence-corrected chi connectivity index (χ2v) is 5.59. The molecule has 2 aromatic rings. The molecule has 2 heterocycles. The molecule has 1 aromatic carbocycles. The molecule has 1 aromatic heterocycles. The van der Waals surface area contributed by atoms with Gasteiger partial charge >= 0.3 is 0 Å². The molecule has 1 N–H and O–H groups in total. The number of aryl methyl sites for hydroxylation is 1. The fourth-order valence-corrected chi connectivity index (χ4v) is 2.92. The van der Waals surface area contributed by atoms with E-state index in [0.717, 1.165) is 18.7 Å². The monoisotopic (exact) mass is 288 g/mol. The molecule has 3 rings (SSSR count). The fourth-order valence-electron chi connectivity index (χ4n) is 2.76. The van der Waals surface area contributed by atoms with E-state index in [1.807, 2.05) is 12.1 Å². The van der Waals surface area contributed by atoms with Crippen LogP contribution in [0.25, 0.3) is 0 Å². The van der Waals surface area contributed by atoms with E-state index >= 15 is 0 Å². The zero-order chi connectivity index (χ0) is 14.1. The quantitative estimate of drug-likeness (QED) is 0.915. The molecule has 1 aliphatic heterocycles. The van der Waals surface area contributed by atoms with Crippen LogP contribution in [0.3, 0.4) is 0 Å². The summed E-state index contributed by atoms with van der Waals surface area (Å²) in [6, 6.07) is 10.7. The number of pyridine rings is 1. The minimum atomic E-state index is -0.0712. The largest absolute Gasteiger partial charge is 0.392 e. The van der Waals surface area contributed by atoms with Crippen LogP contribution >= 0.6 is 11.6 Å². The van der Waals surface area contributed by atoms with Crippen molar-refractivity contribution < 1.29 is 5.11 Å². The van der Waals surface area contributed by atoms with Crippen LogP contribution in [0.15, 0.2) is 36.5 Å². The van der Waals surface area contributed by atoms with Crippen molar-refractivity contribution >= 4 is 23.1 Å². The van der Waals surface area contributed by atoms with Crippen molar-refractivity contribution in [3.05, 3.63) is 52.7 Å². The SMILES string of the molecule is CC1CCc2ccccc2N1c1cc(CO)c(Cl)cn1. The van der Waals surface area contributed by atoms with Gasteiger partial charge in [-0.2, -0.15) is 0 Å². The topological polar surface area (TPSA) is 36.4 Å². The summed E-state index contributed by atoms with van der Waals surface area (Å²) in [5.41, 5.74) is 3.25. The fraction of sp³-hybridized carbons (Fsp3) is 0.312. The van der Waals surface area contributed by atoms with Gasteiger partial charge in [0.1, 0.15) is 5.82 Å². The number of rotatable bonds is 2. The lowest BCUT2D eigenvalue weighted by Crippen LogP contribution is -2.33. The number of hydrogen-bond acceptors (Lipinski definition) is 3. The molecule has 0 amide bonds. The first-order valence-electron chi connectivity index (χ1n) is 6.83. The Hall–Kier alpha value is -1.58. The van der Waals surface area contributed by atoms with Crippen LogP contribution in [0.4, 0.5) is 11.5 Å². The van der Waals surface area contributed by atoms with Crippen LogP contribution in [-0.4, -0.2) is 16.1 Å². The van der Waals surface area contributed by atoms with Crippen molar-refractivity contribution in [1.29, 1.82) is 0 Å². The molecule has 0 aliphatic carbocycles. The summed E-state index contributed by atoms with van der Waals surface area (Å²) in [6.45, 7) is 2.13. The number of fused-ring (bicyclic) bond motifs is 1. The summed E-state index contributed by atoms with van der Waals surface area (Å²) >= 11 is 6.03. The first-order chi connectivity index (χ1) is 9.70. The summed E-state index contributed by atoms with van der Waals surface area (Å²) in [4.78, 5) is 6.67. The summed E-state index contributed by atoms with van der Waals surface area (Å²) in [6.07, 6.45) is 3.80. The zero-order valence-corrected chi connectivity index (χ0v) is 12.1. The molecule has 0 radical (unpaired) electrons. The van der Waals surface area contributed by atoms with Gasteiger partial charge in [0.05, 0.1) is 11.6 Å². The molecule has 4 heteroatoms. The Kier molecular flexibility index (Phi) is 3.64. The third-order valence-electron chi connectivity index (χ3n) is 3.86. The zero-order valence-electron chi connectivity index (χ0n) is 11.4. The lowest BCUT2D eigenvalue weighted by molar-refractivity contribution is 0.282. The number of para-hydroxylation sites is 1. The second-order valence-electron chi connectivity index (χ2n) is 5.18. The molecule has 3 nitrogen and oxygen atoms in total. The predicted molar refractivity (Wildman–Crippen MR) is 81.5 cm³/mol. The van der Waals surface area contributed by atoms with Gasteiger partial charge in [-0.1, -0.05) is 29.8 Å². The van der Waals surface area contributed by atoms with Crippen LogP contribution in [0.1, 0.15) is 24.5 Å². The molecular formula is C16H17ClN2O. The number of hydrogen-bond donors (Lipinski definition) is 1. The van der Waals surface area contributed by atoms with Crippen molar-refractivity contribution in [1.82, 2.24) is 4.98 Å². The van der Waals surface area contributed by atoms with Crippen LogP contribution in [0.5, 0.6) is 0 Å². The average molecular weight is 289 g/mol. The molecule has 1 unspecified atom stereocenters. The van der Waals surface area contributed by atoms with Crippen LogP contribution in [0, 0.1) is 0 Å². The first-order valence-corrected chi connectivity index (χ1v) is 7.21. The number of aromatic nitrogens is 1. The standard InChI is InChI=1S/C16H17ClN2O/c1-11-6-7-12-4-2-3-5-15(12)19(11)16-8-13(10-20)14(17)9-18-16/h2-5,8-9,11,20H,6-7,10H2,1H3. The number of halogens is 1. The third kappa shape index (κ3) is 2.28. The molecule has 0 saturated carbocycles. The molecule has 1 aliphatic rings. The lowest BCUT2D eigenvalue weighted by atomic mass is 9.96. The van der Waals surface area contributed by atoms with E-state index in [1.54, 1.807) is 6.20 Å². The van der Waals surface area contributed by atoms with Gasteiger partial charge < -0.3 is 10.0 Å². The van der Waals surface area contributed by atoms with Crippen LogP contribution in [0.2, 0.25) is 5.02 Å². The summed E-state index contributed by atoms with van der Waals surface area (Å²) in [7, 11) is 0. The summed E-state index contributed by atoms with van der Waals surface area (Å²) < 4.78 is 0. The maximum Gasteiger partial charge on any atom is 0.133 e. The van der Waals surface area contributed by atoms with Gasteiger partial charge in [0.15, 0.2) is 0 Å². The van der Waals surface area contributed by atoms with Crippen LogP contribution < -0.4 is 4.90 Å². The second kappa shape index (κ2) is 5.43. The number of nitrogens with zero attached hydrogens (tertiary/aromatic N) is 2. The molecule has 104 valence electrons. The van der Waals surface area contributed by atoms with Crippen molar-refractivity contribution in [2.75, 3.05) is 4.90 Å². The van der Waals surface area contributed by atoms with Gasteiger partial charge in [-0.15, -0.1) is 0 Å². The number of aliphatic hydroxyl groups is 1. The highest BCUT2D eigenvalue weighted by Crippen LogP contribution is 2.36. The highest BCUT2D eigenvalue weighted by molar-refractivity contribution is 6.31. The minimum Gasteiger partial charge on any atom is -0.392 e. The maximum absolute atomic E-state index is 9.37. The molecule has 0 saturated heterocycles. The number of anilines is 2. The molecule has 0 bridgehead atoms. The van der Waals surface area contributed by atoms with E-state index in [9.17, 15) is 5.11 Å². The molecular weight excluding hydrogens is 272 g/mol. The van der Waals surface area contributed by atoms with Crippen molar-refractivity contribution in [2.24, 2.45) is 0 Å². The highest BCUT2D eigenvalue weighted by Gasteiger charge is 2.25. The van der Waals surface area contributed by atoms with Gasteiger partial charge in [-0.05, 0) is 37.5 Å². The Morgan fingerprint density at radius 2 is 2.20 bits per heavy atom. The van der Waals surface area contributed by atoms with Gasteiger partial charge in [-0.25, -0.2) is 4.98 Å². The van der Waals surface area contributed by atoms with E-state index in [1.165, 1.54) is 11.3 Å². The van der Waals surface area contributed by atoms with Crippen molar-refractivity contribution in [3.8, 4) is 0 Å². The third-order valence-corrected chi connectivity index (χ3v) is 4.20. The van der Waals surface area contributed by atoms with Gasteiger partial charge in [-0.3, -0.25) is 0 Å². The van der Waals surface area contributed by atoms with Gasteiger partial charge in [0.25, 0.3) is 0 Å². The smallest absolute Gasteiger partial charge is 0.133 e. The molecule has 0 spiro atoms. The first kappa shape index (κ1) is 13.4. The van der Waals surface area contributed by atoms with E-state index in [0.29, 0.717) is 16.6 Å². The lowest BCUT2D eigenvalue weighted by Gasteiger charge is -2.36. The molecule has 20 heavy (non-hydrogen) atoms. The highest BCUT2D eigenvalue weighted by atomic mass is 35.5.